The number of aliphatic hydroxyl groups excluding tert-OH is 2. The fraction of sp³-hybridized carbons (Fsp3) is 0.375. The van der Waals surface area contributed by atoms with Gasteiger partial charge in [0.1, 0.15) is 23.6 Å². The average Bonchev–Trinajstić information content (AvgIpc) is 2.74. The van der Waals surface area contributed by atoms with Crippen LogP contribution in [0.5, 0.6) is 0 Å². The Labute approximate surface area is 242 Å². The Kier molecular flexibility index (Phi) is 12.3. The summed E-state index contributed by atoms with van der Waals surface area (Å²) in [6.45, 7) is 17.8. The van der Waals surface area contributed by atoms with E-state index in [4.69, 9.17) is 9.98 Å². The predicted octanol–water partition coefficient (Wildman–Crippen LogP) is 7.30. The van der Waals surface area contributed by atoms with Crippen molar-refractivity contribution in [2.75, 3.05) is 0 Å². The first kappa shape index (κ1) is 33.7. The zero-order valence-electron chi connectivity index (χ0n) is 24.6. The molecule has 0 heterocycles. The number of Topliss-reactive ketones (excluding diaryl/α,β-unsaturated/α-hetero) is 2. The predicted molar refractivity (Wildman–Crippen MR) is 156 cm³/mol. The first-order valence-electron chi connectivity index (χ1n) is 12.7. The quantitative estimate of drug-likeness (QED) is 0.186. The molecule has 0 amide bonds. The van der Waals surface area contributed by atoms with Crippen LogP contribution in [0.3, 0.4) is 0 Å². The van der Waals surface area contributed by atoms with Gasteiger partial charge in [0.25, 0.3) is 0 Å². The van der Waals surface area contributed by atoms with Crippen LogP contribution >= 0.6 is 0 Å². The maximum absolute atomic E-state index is 12.3. The largest absolute Gasteiger partial charge is 0.512 e. The summed E-state index contributed by atoms with van der Waals surface area (Å²) in [4.78, 5) is 34.3. The third-order valence-corrected chi connectivity index (χ3v) is 6.63. The van der Waals surface area contributed by atoms with Gasteiger partial charge >= 0.3 is 0 Å². The van der Waals surface area contributed by atoms with Crippen molar-refractivity contribution in [3.05, 3.63) is 91.4 Å². The van der Waals surface area contributed by atoms with Crippen LogP contribution in [-0.4, -0.2) is 34.2 Å². The van der Waals surface area contributed by atoms with E-state index in [0.717, 1.165) is 44.5 Å². The van der Waals surface area contributed by atoms with Gasteiger partial charge in [0.2, 0.25) is 0 Å². The van der Waals surface area contributed by atoms with E-state index in [1.807, 2.05) is 41.5 Å². The van der Waals surface area contributed by atoms with E-state index in [2.05, 4.69) is 24.3 Å². The summed E-state index contributed by atoms with van der Waals surface area (Å²) < 4.78 is 0. The summed E-state index contributed by atoms with van der Waals surface area (Å²) in [5.74, 6) is -0.828. The number of allylic oxidation sites excluding steroid dienone is 4. The van der Waals surface area contributed by atoms with Gasteiger partial charge in [-0.3, -0.25) is 19.6 Å². The van der Waals surface area contributed by atoms with Crippen molar-refractivity contribution >= 4 is 24.0 Å². The number of aliphatic hydroxyl groups is 2. The Hall–Kier alpha value is -3.29. The second-order valence-electron chi connectivity index (χ2n) is 10.2. The van der Waals surface area contributed by atoms with Gasteiger partial charge < -0.3 is 10.2 Å². The summed E-state index contributed by atoms with van der Waals surface area (Å²) in [6.07, 6.45) is 2.84. The molecule has 7 heteroatoms. The zero-order valence-corrected chi connectivity index (χ0v) is 25.6. The molecule has 0 fully saturated rings. The molecular weight excluding hydrogens is 535 g/mol. The molecule has 2 aromatic rings. The smallest absolute Gasteiger partial charge is 0.164 e. The first-order chi connectivity index (χ1) is 17.6. The minimum absolute atomic E-state index is 0. The zero-order chi connectivity index (χ0) is 28.9. The van der Waals surface area contributed by atoms with Crippen molar-refractivity contribution in [1.82, 2.24) is 0 Å². The molecule has 2 atom stereocenters. The fourth-order valence-electron chi connectivity index (χ4n) is 5.13. The normalized spacial score (nSPS) is 14.5. The summed E-state index contributed by atoms with van der Waals surface area (Å²) in [6, 6.07) is 7.15. The van der Waals surface area contributed by atoms with E-state index in [9.17, 15) is 19.8 Å². The topological polar surface area (TPSA) is 99.3 Å². The second kappa shape index (κ2) is 14.2. The number of aryl methyl sites for hydroxylation is 6. The third-order valence-electron chi connectivity index (χ3n) is 6.63. The van der Waals surface area contributed by atoms with Crippen LogP contribution in [-0.2, 0) is 26.4 Å². The van der Waals surface area contributed by atoms with E-state index in [0.29, 0.717) is 0 Å². The molecule has 39 heavy (non-hydrogen) atoms. The van der Waals surface area contributed by atoms with E-state index in [-0.39, 0.29) is 51.0 Å². The number of ketones is 2. The van der Waals surface area contributed by atoms with Crippen LogP contribution in [0.4, 0.5) is 0 Å². The van der Waals surface area contributed by atoms with Crippen LogP contribution in [0.25, 0.3) is 0 Å². The number of hydrogen-bond donors (Lipinski definition) is 2. The van der Waals surface area contributed by atoms with Gasteiger partial charge in [-0.2, -0.15) is 0 Å². The van der Waals surface area contributed by atoms with Gasteiger partial charge in [0, 0.05) is 29.2 Å². The molecule has 0 aromatic heterocycles. The minimum atomic E-state index is -0.590. The monoisotopic (exact) mass is 575 g/mol. The molecule has 2 rings (SSSR count). The summed E-state index contributed by atoms with van der Waals surface area (Å²) in [5.41, 5.74) is 8.42. The molecule has 0 aliphatic rings. The van der Waals surface area contributed by atoms with Gasteiger partial charge in [0.15, 0.2) is 11.6 Å². The van der Waals surface area contributed by atoms with Crippen LogP contribution in [0.15, 0.2) is 56.9 Å². The van der Waals surface area contributed by atoms with Gasteiger partial charge in [-0.15, -0.1) is 0 Å². The minimum Gasteiger partial charge on any atom is -0.512 e. The molecule has 6 nitrogen and oxygen atoms in total. The van der Waals surface area contributed by atoms with Crippen molar-refractivity contribution in [2.24, 2.45) is 9.98 Å². The first-order valence-corrected chi connectivity index (χ1v) is 12.7. The second-order valence-corrected chi connectivity index (χ2v) is 10.2. The maximum Gasteiger partial charge on any atom is 0.164 e. The molecule has 2 aromatic carbocycles. The number of aliphatic imine (C=N–C) groups is 2. The van der Waals surface area contributed by atoms with E-state index >= 15 is 0 Å². The van der Waals surface area contributed by atoms with Crippen molar-refractivity contribution in [1.29, 1.82) is 0 Å². The maximum atomic E-state index is 12.3. The number of nitrogens with zero attached hydrogens (tertiary/aromatic N) is 2. The molecule has 2 unspecified atom stereocenters. The Morgan fingerprint density at radius 3 is 1.08 bits per heavy atom. The molecule has 0 aliphatic carbocycles. The Morgan fingerprint density at radius 2 is 0.872 bits per heavy atom. The summed E-state index contributed by atoms with van der Waals surface area (Å²) in [7, 11) is 0. The van der Waals surface area contributed by atoms with Crippen molar-refractivity contribution in [2.45, 2.75) is 81.3 Å². The number of carbonyl (C=O) groups is 2. The Morgan fingerprint density at radius 1 is 0.615 bits per heavy atom. The number of carbonyl (C=O) groups excluding carboxylic acids is 2. The molecule has 0 aliphatic heterocycles. The molecule has 1 radical (unpaired) electrons. The fourth-order valence-corrected chi connectivity index (χ4v) is 5.13. The number of hydrogen-bond acceptors (Lipinski definition) is 6. The van der Waals surface area contributed by atoms with Gasteiger partial charge in [-0.1, -0.05) is 35.4 Å². The SMILES string of the molecule is CC(=O)C(C=NC(c1c(C)cc(C)cc1C)C(N=CC(C(C)=O)=C(C)O)c1c(C)cc(C)cc1C)=C(C)O.[Co]. The summed E-state index contributed by atoms with van der Waals surface area (Å²) >= 11 is 0. The molecule has 211 valence electrons. The van der Waals surface area contributed by atoms with Crippen LogP contribution in [0.2, 0.25) is 0 Å². The number of benzene rings is 2. The third kappa shape index (κ3) is 8.34. The Bertz CT molecular complexity index is 1220. The molecule has 0 bridgehead atoms. The summed E-state index contributed by atoms with van der Waals surface area (Å²) in [5, 5.41) is 20.3. The molecule has 0 saturated carbocycles. The van der Waals surface area contributed by atoms with Gasteiger partial charge in [-0.25, -0.2) is 0 Å². The standard InChI is InChI=1S/C32H40N2O4.Co/c1-17-11-19(3)29(20(4)12-17)31(33-15-27(23(7)35)24(8)36)32(34-16-28(25(9)37)26(10)38)30-21(5)13-18(2)14-22(30)6;/h11-16,31-32,35,37H,1-10H3;. The van der Waals surface area contributed by atoms with Crippen LogP contribution < -0.4 is 0 Å². The van der Waals surface area contributed by atoms with E-state index in [1.165, 1.54) is 40.1 Å². The van der Waals surface area contributed by atoms with Crippen LogP contribution in [0.1, 0.15) is 84.3 Å². The van der Waals surface area contributed by atoms with Crippen LogP contribution in [0, 0.1) is 41.5 Å². The van der Waals surface area contributed by atoms with Gasteiger partial charge in [0.05, 0.1) is 11.1 Å². The van der Waals surface area contributed by atoms with Crippen molar-refractivity contribution in [3.8, 4) is 0 Å². The molecule has 0 spiro atoms. The Balaban J connectivity index is 0.00000760. The number of rotatable bonds is 9. The van der Waals surface area contributed by atoms with E-state index in [1.54, 1.807) is 0 Å². The van der Waals surface area contributed by atoms with Crippen molar-refractivity contribution < 1.29 is 36.6 Å². The van der Waals surface area contributed by atoms with Gasteiger partial charge in [-0.05, 0) is 103 Å². The van der Waals surface area contributed by atoms with E-state index < -0.39 is 12.1 Å². The molecule has 0 saturated heterocycles. The van der Waals surface area contributed by atoms with Crippen molar-refractivity contribution in [3.63, 3.8) is 0 Å². The average molecular weight is 576 g/mol. The molecular formula is C32H40CoN2O4. The molecule has 2 N–H and O–H groups in total.